The zero-order valence-electron chi connectivity index (χ0n) is 16.0. The molecule has 0 saturated carbocycles. The lowest BCUT2D eigenvalue weighted by molar-refractivity contribution is 0.0793. The molecular weight excluding hydrogens is 358 g/mol. The van der Waals surface area contributed by atoms with Crippen molar-refractivity contribution < 1.29 is 14.3 Å². The molecular formula is C20H23N5O3. The summed E-state index contributed by atoms with van der Waals surface area (Å²) in [6.45, 7) is 1.30. The number of rotatable bonds is 8. The fraction of sp³-hybridized carbons (Fsp3) is 0.300. The van der Waals surface area contributed by atoms with Gasteiger partial charge in [-0.1, -0.05) is 6.07 Å². The smallest absolute Gasteiger partial charge is 0.287 e. The third-order valence-corrected chi connectivity index (χ3v) is 4.38. The molecule has 8 nitrogen and oxygen atoms in total. The van der Waals surface area contributed by atoms with Gasteiger partial charge in [0.05, 0.1) is 12.1 Å². The standard InChI is InChI=1S/C20H23N5O3/c1-24(13-8-15-6-9-21-10-7-15)20(27)17-16-5-3-4-12-25(16)18(23-17)19(26)22-11-14-28-2/h3-7,9-10,12H,8,11,13-14H2,1-2H3,(H,22,26). The fourth-order valence-corrected chi connectivity index (χ4v) is 2.83. The Bertz CT molecular complexity index is 955. The number of pyridine rings is 2. The quantitative estimate of drug-likeness (QED) is 0.596. The van der Waals surface area contributed by atoms with Crippen molar-refractivity contribution in [2.24, 2.45) is 0 Å². The third kappa shape index (κ3) is 4.34. The Hall–Kier alpha value is -3.26. The summed E-state index contributed by atoms with van der Waals surface area (Å²) in [5.41, 5.74) is 1.96. The van der Waals surface area contributed by atoms with E-state index >= 15 is 0 Å². The molecule has 0 atom stereocenters. The first-order valence-electron chi connectivity index (χ1n) is 9.00. The van der Waals surface area contributed by atoms with Crippen LogP contribution in [0.3, 0.4) is 0 Å². The summed E-state index contributed by atoms with van der Waals surface area (Å²) in [6, 6.07) is 9.24. The number of nitrogens with one attached hydrogen (secondary N) is 1. The Morgan fingerprint density at radius 1 is 1.21 bits per heavy atom. The first-order valence-corrected chi connectivity index (χ1v) is 9.00. The number of nitrogens with zero attached hydrogens (tertiary/aromatic N) is 4. The predicted molar refractivity (Wildman–Crippen MR) is 104 cm³/mol. The maximum Gasteiger partial charge on any atom is 0.287 e. The average Bonchev–Trinajstić information content (AvgIpc) is 3.12. The second-order valence-corrected chi connectivity index (χ2v) is 6.32. The molecule has 3 aromatic heterocycles. The molecule has 0 radical (unpaired) electrons. The average molecular weight is 381 g/mol. The maximum atomic E-state index is 13.0. The lowest BCUT2D eigenvalue weighted by Gasteiger charge is -2.16. The van der Waals surface area contributed by atoms with Crippen molar-refractivity contribution in [2.75, 3.05) is 33.9 Å². The van der Waals surface area contributed by atoms with E-state index in [9.17, 15) is 9.59 Å². The highest BCUT2D eigenvalue weighted by Crippen LogP contribution is 2.15. The first-order chi connectivity index (χ1) is 13.6. The van der Waals surface area contributed by atoms with Gasteiger partial charge in [0.25, 0.3) is 11.8 Å². The van der Waals surface area contributed by atoms with Gasteiger partial charge in [0.2, 0.25) is 5.82 Å². The minimum Gasteiger partial charge on any atom is -0.383 e. The number of amides is 2. The van der Waals surface area contributed by atoms with Crippen LogP contribution in [0.1, 0.15) is 26.7 Å². The van der Waals surface area contributed by atoms with Crippen LogP contribution in [0.15, 0.2) is 48.9 Å². The Morgan fingerprint density at radius 3 is 2.75 bits per heavy atom. The fourth-order valence-electron chi connectivity index (χ4n) is 2.83. The van der Waals surface area contributed by atoms with Gasteiger partial charge in [0.15, 0.2) is 5.69 Å². The summed E-state index contributed by atoms with van der Waals surface area (Å²) >= 11 is 0. The Morgan fingerprint density at radius 2 is 2.00 bits per heavy atom. The molecule has 3 rings (SSSR count). The molecule has 0 saturated heterocycles. The van der Waals surface area contributed by atoms with Crippen LogP contribution in [0.5, 0.6) is 0 Å². The Balaban J connectivity index is 1.79. The molecule has 146 valence electrons. The molecule has 0 unspecified atom stereocenters. The van der Waals surface area contributed by atoms with Crippen LogP contribution in [0, 0.1) is 0 Å². The molecule has 0 fully saturated rings. The molecule has 3 aromatic rings. The molecule has 0 bridgehead atoms. The molecule has 28 heavy (non-hydrogen) atoms. The number of hydrogen-bond donors (Lipinski definition) is 1. The number of carbonyl (C=O) groups is 2. The molecule has 0 aromatic carbocycles. The van der Waals surface area contributed by atoms with Crippen LogP contribution in [-0.4, -0.2) is 64.9 Å². The number of ether oxygens (including phenoxy) is 1. The van der Waals surface area contributed by atoms with Crippen molar-refractivity contribution in [1.29, 1.82) is 0 Å². The van der Waals surface area contributed by atoms with Crippen LogP contribution >= 0.6 is 0 Å². The van der Waals surface area contributed by atoms with Crippen LogP contribution < -0.4 is 5.32 Å². The molecule has 3 heterocycles. The Kier molecular flexibility index (Phi) is 6.33. The van der Waals surface area contributed by atoms with Gasteiger partial charge < -0.3 is 15.0 Å². The van der Waals surface area contributed by atoms with Gasteiger partial charge in [-0.25, -0.2) is 4.98 Å². The second-order valence-electron chi connectivity index (χ2n) is 6.32. The summed E-state index contributed by atoms with van der Waals surface area (Å²) in [6.07, 6.45) is 5.89. The third-order valence-electron chi connectivity index (χ3n) is 4.38. The van der Waals surface area contributed by atoms with E-state index in [4.69, 9.17) is 4.74 Å². The number of aromatic nitrogens is 3. The van der Waals surface area contributed by atoms with E-state index in [1.807, 2.05) is 18.2 Å². The van der Waals surface area contributed by atoms with Crippen LogP contribution in [0.2, 0.25) is 0 Å². The van der Waals surface area contributed by atoms with E-state index in [0.29, 0.717) is 31.6 Å². The number of likely N-dealkylation sites (N-methyl/N-ethyl adjacent to an activating group) is 1. The number of hydrogen-bond acceptors (Lipinski definition) is 5. The largest absolute Gasteiger partial charge is 0.383 e. The summed E-state index contributed by atoms with van der Waals surface area (Å²) < 4.78 is 6.58. The van der Waals surface area contributed by atoms with Gasteiger partial charge in [-0.05, 0) is 36.2 Å². The highest BCUT2D eigenvalue weighted by Gasteiger charge is 2.23. The number of carbonyl (C=O) groups excluding carboxylic acids is 2. The minimum atomic E-state index is -0.350. The van der Waals surface area contributed by atoms with Gasteiger partial charge >= 0.3 is 0 Å². The maximum absolute atomic E-state index is 13.0. The predicted octanol–water partition coefficient (Wildman–Crippen LogP) is 1.42. The molecule has 1 N–H and O–H groups in total. The number of fused-ring (bicyclic) bond motifs is 1. The lowest BCUT2D eigenvalue weighted by Crippen LogP contribution is -2.30. The van der Waals surface area contributed by atoms with Crippen molar-refractivity contribution in [2.45, 2.75) is 6.42 Å². The summed E-state index contributed by atoms with van der Waals surface area (Å²) in [5.74, 6) is -0.400. The van der Waals surface area contributed by atoms with Gasteiger partial charge in [0, 0.05) is 45.8 Å². The lowest BCUT2D eigenvalue weighted by atomic mass is 10.2. The van der Waals surface area contributed by atoms with Gasteiger partial charge in [-0.3, -0.25) is 19.0 Å². The molecule has 0 aliphatic carbocycles. The zero-order valence-corrected chi connectivity index (χ0v) is 16.0. The zero-order chi connectivity index (χ0) is 19.9. The van der Waals surface area contributed by atoms with Crippen molar-refractivity contribution in [1.82, 2.24) is 24.6 Å². The van der Waals surface area contributed by atoms with Gasteiger partial charge in [-0.15, -0.1) is 0 Å². The van der Waals surface area contributed by atoms with Gasteiger partial charge in [0.1, 0.15) is 0 Å². The SMILES string of the molecule is COCCNC(=O)c1nc(C(=O)N(C)CCc2ccncc2)c2ccccn12. The Labute approximate surface area is 163 Å². The number of methoxy groups -OCH3 is 1. The van der Waals surface area contributed by atoms with Crippen molar-refractivity contribution >= 4 is 17.3 Å². The highest BCUT2D eigenvalue weighted by atomic mass is 16.5. The monoisotopic (exact) mass is 381 g/mol. The molecule has 0 spiro atoms. The van der Waals surface area contributed by atoms with E-state index in [0.717, 1.165) is 5.56 Å². The van der Waals surface area contributed by atoms with Crippen LogP contribution in [-0.2, 0) is 11.2 Å². The summed E-state index contributed by atoms with van der Waals surface area (Å²) in [5, 5.41) is 2.74. The normalized spacial score (nSPS) is 10.8. The summed E-state index contributed by atoms with van der Waals surface area (Å²) in [4.78, 5) is 35.4. The summed E-state index contributed by atoms with van der Waals surface area (Å²) in [7, 11) is 3.30. The highest BCUT2D eigenvalue weighted by molar-refractivity contribution is 6.02. The molecule has 0 aliphatic rings. The number of imidazole rings is 1. The molecule has 2 amide bonds. The van der Waals surface area contributed by atoms with E-state index in [1.54, 1.807) is 54.2 Å². The van der Waals surface area contributed by atoms with E-state index in [1.165, 1.54) is 0 Å². The minimum absolute atomic E-state index is 0.178. The molecule has 8 heteroatoms. The van der Waals surface area contributed by atoms with Crippen LogP contribution in [0.25, 0.3) is 5.52 Å². The van der Waals surface area contributed by atoms with Crippen LogP contribution in [0.4, 0.5) is 0 Å². The topological polar surface area (TPSA) is 88.8 Å². The molecule has 0 aliphatic heterocycles. The van der Waals surface area contributed by atoms with Crippen molar-refractivity contribution in [3.63, 3.8) is 0 Å². The van der Waals surface area contributed by atoms with Gasteiger partial charge in [-0.2, -0.15) is 0 Å². The first kappa shape index (κ1) is 19.5. The van der Waals surface area contributed by atoms with E-state index < -0.39 is 0 Å². The van der Waals surface area contributed by atoms with Crippen molar-refractivity contribution in [3.05, 3.63) is 66.0 Å². The van der Waals surface area contributed by atoms with E-state index in [-0.39, 0.29) is 23.3 Å². The van der Waals surface area contributed by atoms with E-state index in [2.05, 4.69) is 15.3 Å². The second kappa shape index (κ2) is 9.09. The van der Waals surface area contributed by atoms with Crippen molar-refractivity contribution in [3.8, 4) is 0 Å².